The SMILES string of the molecule is N#Cc1c(-c2ccccc2)nc(-c2cc(-c3ccccc3)ccc2-n2c3ccccc3c3cc4c5ccccc5n(-c5ccccc5)c4cc32)nc1-c1ccccc1. The Hall–Kier alpha value is -8.07. The van der Waals surface area contributed by atoms with Crippen molar-refractivity contribution in [3.63, 3.8) is 0 Å². The minimum Gasteiger partial charge on any atom is -0.309 e. The maximum Gasteiger partial charge on any atom is 0.162 e. The molecule has 3 heterocycles. The smallest absolute Gasteiger partial charge is 0.162 e. The second kappa shape index (κ2) is 13.6. The van der Waals surface area contributed by atoms with Crippen LogP contribution in [0.3, 0.4) is 0 Å². The molecule has 0 fully saturated rings. The van der Waals surface area contributed by atoms with Crippen LogP contribution in [0.2, 0.25) is 0 Å². The molecule has 0 amide bonds. The van der Waals surface area contributed by atoms with E-state index in [2.05, 4.69) is 149 Å². The van der Waals surface area contributed by atoms with Crippen LogP contribution in [0.1, 0.15) is 5.56 Å². The fourth-order valence-electron chi connectivity index (χ4n) is 8.56. The van der Waals surface area contributed by atoms with Crippen LogP contribution in [0.5, 0.6) is 0 Å². The van der Waals surface area contributed by atoms with Crippen LogP contribution < -0.4 is 0 Å². The number of rotatable bonds is 6. The third kappa shape index (κ3) is 5.31. The summed E-state index contributed by atoms with van der Waals surface area (Å²) in [6, 6.07) is 72.0. The van der Waals surface area contributed by atoms with E-state index in [0.29, 0.717) is 22.8 Å². The first-order chi connectivity index (χ1) is 28.7. The van der Waals surface area contributed by atoms with Crippen LogP contribution in [0.25, 0.3) is 100 Å². The maximum absolute atomic E-state index is 10.7. The molecular weight excluding hydrogens is 707 g/mol. The molecule has 5 heteroatoms. The summed E-state index contributed by atoms with van der Waals surface area (Å²) < 4.78 is 4.74. The summed E-state index contributed by atoms with van der Waals surface area (Å²) in [7, 11) is 0. The predicted octanol–water partition coefficient (Wildman–Crippen LogP) is 13.2. The quantitative estimate of drug-likeness (QED) is 0.171. The van der Waals surface area contributed by atoms with Crippen LogP contribution in [0, 0.1) is 11.3 Å². The molecule has 0 aliphatic heterocycles. The highest BCUT2D eigenvalue weighted by Crippen LogP contribution is 2.42. The summed E-state index contributed by atoms with van der Waals surface area (Å²) in [4.78, 5) is 10.6. The Morgan fingerprint density at radius 3 is 1.43 bits per heavy atom. The van der Waals surface area contributed by atoms with Crippen LogP contribution in [-0.2, 0) is 0 Å². The molecule has 0 bridgehead atoms. The lowest BCUT2D eigenvalue weighted by Crippen LogP contribution is -2.04. The van der Waals surface area contributed by atoms with Gasteiger partial charge in [0.25, 0.3) is 0 Å². The summed E-state index contributed by atoms with van der Waals surface area (Å²) >= 11 is 0. The van der Waals surface area contributed by atoms with Crippen molar-refractivity contribution in [1.82, 2.24) is 19.1 Å². The number of aromatic nitrogens is 4. The van der Waals surface area contributed by atoms with Crippen molar-refractivity contribution < 1.29 is 0 Å². The lowest BCUT2D eigenvalue weighted by atomic mass is 9.98. The zero-order chi connectivity index (χ0) is 38.6. The van der Waals surface area contributed by atoms with E-state index in [1.165, 1.54) is 10.8 Å². The molecule has 0 aliphatic rings. The molecule has 0 unspecified atom stereocenters. The number of benzene rings is 8. The van der Waals surface area contributed by atoms with Gasteiger partial charge in [-0.25, -0.2) is 9.97 Å². The van der Waals surface area contributed by atoms with Gasteiger partial charge < -0.3 is 9.13 Å². The third-order valence-electron chi connectivity index (χ3n) is 11.2. The van der Waals surface area contributed by atoms with Crippen molar-refractivity contribution in [1.29, 1.82) is 5.26 Å². The highest BCUT2D eigenvalue weighted by Gasteiger charge is 2.24. The zero-order valence-corrected chi connectivity index (χ0v) is 31.3. The second-order valence-corrected chi connectivity index (χ2v) is 14.5. The van der Waals surface area contributed by atoms with E-state index in [1.807, 2.05) is 66.7 Å². The second-order valence-electron chi connectivity index (χ2n) is 14.5. The molecule has 0 aliphatic carbocycles. The molecule has 0 spiro atoms. The maximum atomic E-state index is 10.7. The van der Waals surface area contributed by atoms with Crippen molar-refractivity contribution in [2.75, 3.05) is 0 Å². The largest absolute Gasteiger partial charge is 0.309 e. The Labute approximate surface area is 335 Å². The molecule has 0 saturated carbocycles. The van der Waals surface area contributed by atoms with Crippen molar-refractivity contribution in [3.8, 4) is 62.5 Å². The van der Waals surface area contributed by atoms with Gasteiger partial charge in [0.15, 0.2) is 5.82 Å². The predicted molar refractivity (Wildman–Crippen MR) is 237 cm³/mol. The third-order valence-corrected chi connectivity index (χ3v) is 11.2. The first kappa shape index (κ1) is 33.3. The molecule has 0 N–H and O–H groups in total. The van der Waals surface area contributed by atoms with Gasteiger partial charge in [0.2, 0.25) is 0 Å². The average molecular weight is 740 g/mol. The van der Waals surface area contributed by atoms with E-state index in [1.54, 1.807) is 0 Å². The first-order valence-corrected chi connectivity index (χ1v) is 19.4. The Morgan fingerprint density at radius 1 is 0.379 bits per heavy atom. The number of fused-ring (bicyclic) bond motifs is 6. The number of nitriles is 1. The minimum atomic E-state index is 0.440. The first-order valence-electron chi connectivity index (χ1n) is 19.4. The van der Waals surface area contributed by atoms with Gasteiger partial charge in [-0.1, -0.05) is 152 Å². The van der Waals surface area contributed by atoms with Gasteiger partial charge in [-0.2, -0.15) is 5.26 Å². The van der Waals surface area contributed by atoms with E-state index in [9.17, 15) is 5.26 Å². The van der Waals surface area contributed by atoms with E-state index in [-0.39, 0.29) is 0 Å². The van der Waals surface area contributed by atoms with Gasteiger partial charge in [-0.3, -0.25) is 0 Å². The lowest BCUT2D eigenvalue weighted by Gasteiger charge is -2.17. The van der Waals surface area contributed by atoms with Gasteiger partial charge >= 0.3 is 0 Å². The van der Waals surface area contributed by atoms with Crippen LogP contribution in [0.15, 0.2) is 200 Å². The molecule has 0 saturated heterocycles. The molecule has 0 atom stereocenters. The Balaban J connectivity index is 1.27. The Kier molecular flexibility index (Phi) is 7.80. The van der Waals surface area contributed by atoms with Crippen molar-refractivity contribution in [3.05, 3.63) is 206 Å². The Morgan fingerprint density at radius 2 is 0.862 bits per heavy atom. The van der Waals surface area contributed by atoms with Gasteiger partial charge in [0.05, 0.1) is 39.1 Å². The van der Waals surface area contributed by atoms with Crippen LogP contribution in [0.4, 0.5) is 0 Å². The fourth-order valence-corrected chi connectivity index (χ4v) is 8.56. The molecule has 11 aromatic rings. The molecule has 58 heavy (non-hydrogen) atoms. The van der Waals surface area contributed by atoms with E-state index >= 15 is 0 Å². The summed E-state index contributed by atoms with van der Waals surface area (Å²) in [5, 5.41) is 15.5. The van der Waals surface area contributed by atoms with Crippen molar-refractivity contribution in [2.45, 2.75) is 0 Å². The monoisotopic (exact) mass is 739 g/mol. The molecular formula is C53H33N5. The lowest BCUT2D eigenvalue weighted by molar-refractivity contribution is 1.13. The number of hydrogen-bond acceptors (Lipinski definition) is 3. The average Bonchev–Trinajstić information content (AvgIpc) is 3.80. The minimum absolute atomic E-state index is 0.440. The van der Waals surface area contributed by atoms with Crippen molar-refractivity contribution >= 4 is 43.6 Å². The summed E-state index contributed by atoms with van der Waals surface area (Å²) in [5.74, 6) is 0.537. The van der Waals surface area contributed by atoms with Gasteiger partial charge in [-0.05, 0) is 59.7 Å². The highest BCUT2D eigenvalue weighted by atomic mass is 15.0. The molecule has 8 aromatic carbocycles. The number of hydrogen-bond donors (Lipinski definition) is 0. The molecule has 11 rings (SSSR count). The molecule has 0 radical (unpaired) electrons. The van der Waals surface area contributed by atoms with Gasteiger partial charge in [-0.15, -0.1) is 0 Å². The summed E-state index contributed by atoms with van der Waals surface area (Å²) in [6.07, 6.45) is 0. The zero-order valence-electron chi connectivity index (χ0n) is 31.3. The van der Waals surface area contributed by atoms with E-state index in [4.69, 9.17) is 9.97 Å². The molecule has 5 nitrogen and oxygen atoms in total. The highest BCUT2D eigenvalue weighted by molar-refractivity contribution is 6.19. The standard InChI is InChI=1S/C53H33N5/c54-34-45-51(36-19-7-2-8-20-36)55-53(56-52(45)37-21-9-3-10-22-37)44-31-38(35-17-5-1-6-18-35)29-30-48(44)58-47-28-16-14-26-41(47)43-32-42-40-25-13-15-27-46(40)57(49(42)33-50(43)58)39-23-11-4-12-24-39/h1-33H. The molecule has 270 valence electrons. The number of nitrogens with zero attached hydrogens (tertiary/aromatic N) is 5. The normalized spacial score (nSPS) is 11.4. The summed E-state index contributed by atoms with van der Waals surface area (Å²) in [5.41, 5.74) is 12.8. The van der Waals surface area contributed by atoms with E-state index < -0.39 is 0 Å². The van der Waals surface area contributed by atoms with Crippen LogP contribution in [-0.4, -0.2) is 19.1 Å². The number of para-hydroxylation sites is 3. The van der Waals surface area contributed by atoms with Crippen molar-refractivity contribution in [2.24, 2.45) is 0 Å². The van der Waals surface area contributed by atoms with E-state index in [0.717, 1.165) is 72.0 Å². The summed E-state index contributed by atoms with van der Waals surface area (Å²) in [6.45, 7) is 0. The molecule has 3 aromatic heterocycles. The fraction of sp³-hybridized carbons (Fsp3) is 0. The van der Waals surface area contributed by atoms with Gasteiger partial charge in [0, 0.05) is 43.9 Å². The van der Waals surface area contributed by atoms with Crippen LogP contribution >= 0.6 is 0 Å². The Bertz CT molecular complexity index is 3320. The topological polar surface area (TPSA) is 59.4 Å². The van der Waals surface area contributed by atoms with Gasteiger partial charge in [0.1, 0.15) is 11.6 Å².